The van der Waals surface area contributed by atoms with Gasteiger partial charge in [0.25, 0.3) is 0 Å². The summed E-state index contributed by atoms with van der Waals surface area (Å²) in [6.45, 7) is 1.85. The molecule has 1 unspecified atom stereocenters. The van der Waals surface area contributed by atoms with Crippen molar-refractivity contribution in [2.24, 2.45) is 0 Å². The average Bonchev–Trinajstić information content (AvgIpc) is 3.15. The largest absolute Gasteiger partial charge is 0.496 e. The molecule has 1 aliphatic carbocycles. The lowest BCUT2D eigenvalue weighted by Crippen LogP contribution is -2.32. The number of fused-ring (bicyclic) bond motifs is 1. The number of rotatable bonds is 4. The van der Waals surface area contributed by atoms with Crippen molar-refractivity contribution in [3.8, 4) is 5.75 Å². The number of allylic oxidation sites excluding steroid dienone is 1. The topological polar surface area (TPSA) is 91.2 Å². The first-order valence-corrected chi connectivity index (χ1v) is 9.28. The third-order valence-corrected chi connectivity index (χ3v) is 5.19. The van der Waals surface area contributed by atoms with Crippen LogP contribution < -0.4 is 10.1 Å². The van der Waals surface area contributed by atoms with Crippen LogP contribution in [0.1, 0.15) is 50.6 Å². The number of anilines is 1. The lowest BCUT2D eigenvalue weighted by atomic mass is 9.94. The number of nitrogens with one attached hydrogen (secondary N) is 1. The highest BCUT2D eigenvalue weighted by molar-refractivity contribution is 5.92. The Kier molecular flexibility index (Phi) is 4.79. The highest BCUT2D eigenvalue weighted by Gasteiger charge is 2.37. The molecule has 0 spiro atoms. The van der Waals surface area contributed by atoms with Crippen molar-refractivity contribution in [2.75, 3.05) is 12.4 Å². The molecule has 1 saturated carbocycles. The molecule has 1 atom stereocenters. The summed E-state index contributed by atoms with van der Waals surface area (Å²) in [6, 6.07) is 7.06. The molecular weight excluding hydrogens is 346 g/mol. The summed E-state index contributed by atoms with van der Waals surface area (Å²) in [7, 11) is 1.61. The molecule has 1 aliphatic heterocycles. The minimum absolute atomic E-state index is 0.0277. The molecule has 142 valence electrons. The maximum absolute atomic E-state index is 13.1. The Labute approximate surface area is 157 Å². The Hall–Kier alpha value is -2.90. The Balaban J connectivity index is 1.74. The monoisotopic (exact) mass is 369 g/mol. The number of methoxy groups -OCH3 is 1. The molecule has 2 aromatic rings. The number of para-hydroxylation sites is 1. The maximum atomic E-state index is 13.1. The minimum atomic E-state index is -0.511. The van der Waals surface area contributed by atoms with Crippen LogP contribution in [0.2, 0.25) is 0 Å². The summed E-state index contributed by atoms with van der Waals surface area (Å²) in [6.07, 6.45) is 5.21. The van der Waals surface area contributed by atoms with Gasteiger partial charge in [0, 0.05) is 11.3 Å². The summed E-state index contributed by atoms with van der Waals surface area (Å²) in [4.78, 5) is 13.1. The number of ether oxygens (including phenoxy) is 2. The predicted octanol–water partition coefficient (Wildman–Crippen LogP) is 2.85. The molecule has 8 heteroatoms. The molecule has 1 aromatic heterocycles. The van der Waals surface area contributed by atoms with Crippen LogP contribution in [0, 0.1) is 0 Å². The maximum Gasteiger partial charge on any atom is 0.338 e. The third kappa shape index (κ3) is 3.27. The lowest BCUT2D eigenvalue weighted by molar-refractivity contribution is -0.146. The summed E-state index contributed by atoms with van der Waals surface area (Å²) < 4.78 is 13.0. The second-order valence-electron chi connectivity index (χ2n) is 6.92. The van der Waals surface area contributed by atoms with Crippen molar-refractivity contribution in [3.05, 3.63) is 41.1 Å². The third-order valence-electron chi connectivity index (χ3n) is 5.19. The fraction of sp³-hybridized carbons (Fsp3) is 0.474. The van der Waals surface area contributed by atoms with Crippen LogP contribution in [0.3, 0.4) is 0 Å². The van der Waals surface area contributed by atoms with E-state index in [0.29, 0.717) is 23.0 Å². The van der Waals surface area contributed by atoms with Gasteiger partial charge in [-0.1, -0.05) is 29.7 Å². The molecule has 0 amide bonds. The molecule has 1 fully saturated rings. The van der Waals surface area contributed by atoms with Gasteiger partial charge >= 0.3 is 5.97 Å². The quantitative estimate of drug-likeness (QED) is 0.829. The Morgan fingerprint density at radius 3 is 2.78 bits per heavy atom. The standard InChI is InChI=1S/C19H23N5O3/c1-12-16(18(25)27-13-8-4-3-5-9-13)17(24-19(20-12)21-22-23-24)14-10-6-7-11-15(14)26-2/h6-7,10-11,13,17H,3-5,8-9H2,1-2H3,(H,20,21,23). The molecule has 27 heavy (non-hydrogen) atoms. The van der Waals surface area contributed by atoms with Crippen molar-refractivity contribution >= 4 is 11.9 Å². The van der Waals surface area contributed by atoms with Crippen molar-refractivity contribution < 1.29 is 14.3 Å². The first-order valence-electron chi connectivity index (χ1n) is 9.28. The van der Waals surface area contributed by atoms with Gasteiger partial charge in [-0.05, 0) is 49.1 Å². The molecule has 2 aliphatic rings. The molecule has 1 aromatic carbocycles. The van der Waals surface area contributed by atoms with Gasteiger partial charge in [-0.25, -0.2) is 4.79 Å². The van der Waals surface area contributed by atoms with E-state index in [4.69, 9.17) is 9.47 Å². The number of tetrazole rings is 1. The van der Waals surface area contributed by atoms with Gasteiger partial charge in [0.2, 0.25) is 5.95 Å². The van der Waals surface area contributed by atoms with Gasteiger partial charge in [-0.15, -0.1) is 0 Å². The first kappa shape index (κ1) is 17.5. The van der Waals surface area contributed by atoms with Crippen molar-refractivity contribution in [1.82, 2.24) is 20.2 Å². The van der Waals surface area contributed by atoms with E-state index in [1.807, 2.05) is 31.2 Å². The number of hydrogen-bond donors (Lipinski definition) is 1. The lowest BCUT2D eigenvalue weighted by Gasteiger charge is -2.30. The number of esters is 1. The molecule has 0 saturated heterocycles. The van der Waals surface area contributed by atoms with E-state index < -0.39 is 6.04 Å². The summed E-state index contributed by atoms with van der Waals surface area (Å²) >= 11 is 0. The first-order chi connectivity index (χ1) is 13.2. The van der Waals surface area contributed by atoms with Crippen LogP contribution in [-0.2, 0) is 9.53 Å². The highest BCUT2D eigenvalue weighted by atomic mass is 16.5. The van der Waals surface area contributed by atoms with Gasteiger partial charge in [0.15, 0.2) is 0 Å². The minimum Gasteiger partial charge on any atom is -0.496 e. The Morgan fingerprint density at radius 1 is 1.22 bits per heavy atom. The predicted molar refractivity (Wildman–Crippen MR) is 98.2 cm³/mol. The van der Waals surface area contributed by atoms with Gasteiger partial charge in [-0.3, -0.25) is 0 Å². The zero-order chi connectivity index (χ0) is 18.8. The van der Waals surface area contributed by atoms with Crippen LogP contribution in [0.4, 0.5) is 5.95 Å². The van der Waals surface area contributed by atoms with Gasteiger partial charge in [0.05, 0.1) is 12.7 Å². The van der Waals surface area contributed by atoms with Crippen LogP contribution in [0.5, 0.6) is 5.75 Å². The molecule has 8 nitrogen and oxygen atoms in total. The Bertz CT molecular complexity index is 870. The van der Waals surface area contributed by atoms with Crippen molar-refractivity contribution in [1.29, 1.82) is 0 Å². The molecule has 1 N–H and O–H groups in total. The van der Waals surface area contributed by atoms with Crippen LogP contribution in [-0.4, -0.2) is 39.4 Å². The Morgan fingerprint density at radius 2 is 2.00 bits per heavy atom. The average molecular weight is 369 g/mol. The molecule has 0 bridgehead atoms. The highest BCUT2D eigenvalue weighted by Crippen LogP contribution is 2.39. The summed E-state index contributed by atoms with van der Waals surface area (Å²) in [5, 5.41) is 15.0. The van der Waals surface area contributed by atoms with Crippen LogP contribution in [0.15, 0.2) is 35.5 Å². The van der Waals surface area contributed by atoms with Crippen LogP contribution >= 0.6 is 0 Å². The zero-order valence-corrected chi connectivity index (χ0v) is 15.5. The normalized spacial score (nSPS) is 20.0. The zero-order valence-electron chi connectivity index (χ0n) is 15.5. The van der Waals surface area contributed by atoms with E-state index in [-0.39, 0.29) is 12.1 Å². The van der Waals surface area contributed by atoms with Gasteiger partial charge in [-0.2, -0.15) is 4.68 Å². The number of carbonyl (C=O) groups is 1. The fourth-order valence-corrected chi connectivity index (χ4v) is 3.85. The molecule has 4 rings (SSSR count). The van der Waals surface area contributed by atoms with Crippen molar-refractivity contribution in [2.45, 2.75) is 51.2 Å². The number of benzene rings is 1. The van der Waals surface area contributed by atoms with E-state index >= 15 is 0 Å². The molecule has 0 radical (unpaired) electrons. The van der Waals surface area contributed by atoms with Gasteiger partial charge < -0.3 is 14.8 Å². The number of hydrogen-bond acceptors (Lipinski definition) is 7. The van der Waals surface area contributed by atoms with E-state index in [1.54, 1.807) is 11.8 Å². The smallest absolute Gasteiger partial charge is 0.338 e. The summed E-state index contributed by atoms with van der Waals surface area (Å²) in [5.41, 5.74) is 2.00. The number of aromatic nitrogens is 4. The van der Waals surface area contributed by atoms with Gasteiger partial charge in [0.1, 0.15) is 17.9 Å². The van der Waals surface area contributed by atoms with E-state index in [1.165, 1.54) is 6.42 Å². The van der Waals surface area contributed by atoms with E-state index in [2.05, 4.69) is 20.8 Å². The second kappa shape index (κ2) is 7.38. The molecular formula is C19H23N5O3. The number of nitrogens with zero attached hydrogens (tertiary/aromatic N) is 4. The SMILES string of the molecule is COc1ccccc1C1C(C(=O)OC2CCCCC2)=C(C)Nc2nnnn21. The molecule has 2 heterocycles. The second-order valence-corrected chi connectivity index (χ2v) is 6.92. The van der Waals surface area contributed by atoms with Crippen molar-refractivity contribution in [3.63, 3.8) is 0 Å². The fourth-order valence-electron chi connectivity index (χ4n) is 3.85. The van der Waals surface area contributed by atoms with E-state index in [9.17, 15) is 4.79 Å². The van der Waals surface area contributed by atoms with Crippen LogP contribution in [0.25, 0.3) is 0 Å². The summed E-state index contributed by atoms with van der Waals surface area (Å²) in [5.74, 6) is 0.822. The van der Waals surface area contributed by atoms with E-state index in [0.717, 1.165) is 31.2 Å². The number of carbonyl (C=O) groups excluding carboxylic acids is 1.